The highest BCUT2D eigenvalue weighted by molar-refractivity contribution is 7.09. The fourth-order valence-corrected chi connectivity index (χ4v) is 3.38. The van der Waals surface area contributed by atoms with Gasteiger partial charge in [-0.3, -0.25) is 14.9 Å². The van der Waals surface area contributed by atoms with Crippen LogP contribution >= 0.6 is 11.3 Å². The first kappa shape index (κ1) is 19.5. The van der Waals surface area contributed by atoms with Crippen molar-refractivity contribution in [1.82, 2.24) is 10.3 Å². The Hall–Kier alpha value is -3.26. The zero-order valence-electron chi connectivity index (χ0n) is 15.5. The molecular weight excluding hydrogens is 376 g/mol. The molecule has 0 bridgehead atoms. The van der Waals surface area contributed by atoms with Crippen molar-refractivity contribution in [3.63, 3.8) is 0 Å². The van der Waals surface area contributed by atoms with E-state index >= 15 is 0 Å². The monoisotopic (exact) mass is 396 g/mol. The molecule has 2 N–H and O–H groups in total. The highest BCUT2D eigenvalue weighted by atomic mass is 32.1. The predicted octanol–water partition coefficient (Wildman–Crippen LogP) is 4.85. The van der Waals surface area contributed by atoms with E-state index in [2.05, 4.69) is 29.5 Å². The van der Waals surface area contributed by atoms with E-state index in [1.165, 1.54) is 6.07 Å². The van der Waals surface area contributed by atoms with Crippen LogP contribution in [-0.2, 0) is 6.54 Å². The van der Waals surface area contributed by atoms with Gasteiger partial charge in [-0.1, -0.05) is 32.0 Å². The third-order valence-electron chi connectivity index (χ3n) is 4.00. The molecule has 0 atom stereocenters. The molecule has 1 aromatic heterocycles. The molecule has 0 fully saturated rings. The summed E-state index contributed by atoms with van der Waals surface area (Å²) >= 11 is 1.55. The molecule has 0 saturated carbocycles. The Balaban J connectivity index is 1.73. The molecule has 0 aliphatic carbocycles. The summed E-state index contributed by atoms with van der Waals surface area (Å²) in [4.78, 5) is 27.8. The van der Waals surface area contributed by atoms with Gasteiger partial charge >= 0.3 is 0 Å². The zero-order valence-corrected chi connectivity index (χ0v) is 16.3. The van der Waals surface area contributed by atoms with Crippen LogP contribution in [-0.4, -0.2) is 15.8 Å². The number of hydrogen-bond donors (Lipinski definition) is 2. The lowest BCUT2D eigenvalue weighted by Gasteiger charge is -2.09. The summed E-state index contributed by atoms with van der Waals surface area (Å²) in [5, 5.41) is 20.2. The fourth-order valence-electron chi connectivity index (χ4n) is 2.55. The standard InChI is InChI=1S/C20H20N4O3S/c1-13(2)20-23-16(12-28-20)11-21-19(25)14-8-9-17(18(10-14)24(26)27)22-15-6-4-3-5-7-15/h3-10,12-13,22H,11H2,1-2H3,(H,21,25). The number of nitro groups is 1. The average Bonchev–Trinajstić information content (AvgIpc) is 3.16. The number of nitrogens with one attached hydrogen (secondary N) is 2. The highest BCUT2D eigenvalue weighted by Gasteiger charge is 2.18. The van der Waals surface area contributed by atoms with Gasteiger partial charge in [0.25, 0.3) is 11.6 Å². The normalized spacial score (nSPS) is 10.7. The Labute approximate surface area is 166 Å². The summed E-state index contributed by atoms with van der Waals surface area (Å²) in [6.07, 6.45) is 0. The largest absolute Gasteiger partial charge is 0.350 e. The van der Waals surface area contributed by atoms with Crippen molar-refractivity contribution >= 4 is 34.3 Å². The molecule has 0 radical (unpaired) electrons. The predicted molar refractivity (Wildman–Crippen MR) is 110 cm³/mol. The summed E-state index contributed by atoms with van der Waals surface area (Å²) in [6, 6.07) is 13.5. The van der Waals surface area contributed by atoms with Crippen molar-refractivity contribution in [1.29, 1.82) is 0 Å². The minimum atomic E-state index is -0.503. The van der Waals surface area contributed by atoms with Gasteiger partial charge in [0.05, 0.1) is 22.2 Å². The van der Waals surface area contributed by atoms with Crippen LogP contribution < -0.4 is 10.6 Å². The van der Waals surface area contributed by atoms with Gasteiger partial charge in [0.2, 0.25) is 0 Å². The number of aromatic nitrogens is 1. The van der Waals surface area contributed by atoms with Crippen molar-refractivity contribution in [2.75, 3.05) is 5.32 Å². The molecule has 3 aromatic rings. The van der Waals surface area contributed by atoms with E-state index in [1.807, 2.05) is 35.7 Å². The van der Waals surface area contributed by atoms with E-state index < -0.39 is 4.92 Å². The maximum absolute atomic E-state index is 12.4. The number of hydrogen-bond acceptors (Lipinski definition) is 6. The minimum Gasteiger partial charge on any atom is -0.350 e. The number of carbonyl (C=O) groups is 1. The lowest BCUT2D eigenvalue weighted by atomic mass is 10.1. The molecule has 7 nitrogen and oxygen atoms in total. The number of nitrogens with zero attached hydrogens (tertiary/aromatic N) is 2. The van der Waals surface area contributed by atoms with E-state index in [9.17, 15) is 14.9 Å². The van der Waals surface area contributed by atoms with E-state index in [-0.39, 0.29) is 23.7 Å². The topological polar surface area (TPSA) is 97.2 Å². The number of rotatable bonds is 7. The lowest BCUT2D eigenvalue weighted by molar-refractivity contribution is -0.383. The van der Waals surface area contributed by atoms with Crippen molar-refractivity contribution in [2.24, 2.45) is 0 Å². The molecule has 0 aliphatic rings. The van der Waals surface area contributed by atoms with Crippen molar-refractivity contribution in [2.45, 2.75) is 26.3 Å². The third kappa shape index (κ3) is 4.72. The number of anilines is 2. The van der Waals surface area contributed by atoms with Crippen LogP contribution in [0.2, 0.25) is 0 Å². The molecule has 3 rings (SSSR count). The van der Waals surface area contributed by atoms with Crippen LogP contribution in [0.3, 0.4) is 0 Å². The maximum Gasteiger partial charge on any atom is 0.293 e. The van der Waals surface area contributed by atoms with Crippen LogP contribution in [0.15, 0.2) is 53.9 Å². The fraction of sp³-hybridized carbons (Fsp3) is 0.200. The molecule has 1 amide bonds. The van der Waals surface area contributed by atoms with Gasteiger partial charge in [0.15, 0.2) is 0 Å². The molecule has 0 aliphatic heterocycles. The number of amides is 1. The Bertz CT molecular complexity index is 986. The van der Waals surface area contributed by atoms with Crippen molar-refractivity contribution in [3.8, 4) is 0 Å². The van der Waals surface area contributed by atoms with Crippen molar-refractivity contribution < 1.29 is 9.72 Å². The second-order valence-electron chi connectivity index (χ2n) is 6.49. The molecule has 28 heavy (non-hydrogen) atoms. The molecular formula is C20H20N4O3S. The second-order valence-corrected chi connectivity index (χ2v) is 7.38. The van der Waals surface area contributed by atoms with Gasteiger partial charge in [-0.25, -0.2) is 4.98 Å². The summed E-state index contributed by atoms with van der Waals surface area (Å²) in [5.41, 5.74) is 1.90. The molecule has 0 spiro atoms. The van der Waals surface area contributed by atoms with E-state index in [4.69, 9.17) is 0 Å². The molecule has 2 aromatic carbocycles. The first-order valence-corrected chi connectivity index (χ1v) is 9.65. The van der Waals surface area contributed by atoms with E-state index in [1.54, 1.807) is 23.5 Å². The van der Waals surface area contributed by atoms with E-state index in [0.717, 1.165) is 16.4 Å². The second kappa shape index (κ2) is 8.62. The number of nitro benzene ring substituents is 1. The number of thiazole rings is 1. The summed E-state index contributed by atoms with van der Waals surface area (Å²) < 4.78 is 0. The smallest absolute Gasteiger partial charge is 0.293 e. The quantitative estimate of drug-likeness (QED) is 0.439. The first-order chi connectivity index (χ1) is 13.4. The summed E-state index contributed by atoms with van der Waals surface area (Å²) in [7, 11) is 0. The van der Waals surface area contributed by atoms with Gasteiger partial charge < -0.3 is 10.6 Å². The van der Waals surface area contributed by atoms with Crippen LogP contribution in [0.25, 0.3) is 0 Å². The Kier molecular flexibility index (Phi) is 6.00. The molecule has 0 unspecified atom stereocenters. The Morgan fingerprint density at radius 3 is 2.61 bits per heavy atom. The van der Waals surface area contributed by atoms with Crippen LogP contribution in [0.5, 0.6) is 0 Å². The molecule has 1 heterocycles. The van der Waals surface area contributed by atoms with Crippen LogP contribution in [0.4, 0.5) is 17.1 Å². The van der Waals surface area contributed by atoms with Gasteiger partial charge in [-0.05, 0) is 24.3 Å². The van der Waals surface area contributed by atoms with Gasteiger partial charge in [-0.15, -0.1) is 11.3 Å². The summed E-state index contributed by atoms with van der Waals surface area (Å²) in [6.45, 7) is 4.40. The van der Waals surface area contributed by atoms with Crippen molar-refractivity contribution in [3.05, 3.63) is 80.3 Å². The Morgan fingerprint density at radius 1 is 1.21 bits per heavy atom. The van der Waals surface area contributed by atoms with Gasteiger partial charge in [0, 0.05) is 28.6 Å². The average molecular weight is 396 g/mol. The first-order valence-electron chi connectivity index (χ1n) is 8.77. The number of carbonyl (C=O) groups excluding carboxylic acids is 1. The maximum atomic E-state index is 12.4. The van der Waals surface area contributed by atoms with E-state index in [0.29, 0.717) is 11.6 Å². The third-order valence-corrected chi connectivity index (χ3v) is 5.20. The van der Waals surface area contributed by atoms with Gasteiger partial charge in [-0.2, -0.15) is 0 Å². The SMILES string of the molecule is CC(C)c1nc(CNC(=O)c2ccc(Nc3ccccc3)c([N+](=O)[O-])c2)cs1. The molecule has 144 valence electrons. The lowest BCUT2D eigenvalue weighted by Crippen LogP contribution is -2.23. The molecule has 0 saturated heterocycles. The van der Waals surface area contributed by atoms with Crippen LogP contribution in [0.1, 0.15) is 40.8 Å². The number of benzene rings is 2. The Morgan fingerprint density at radius 2 is 1.96 bits per heavy atom. The van der Waals surface area contributed by atoms with Gasteiger partial charge in [0.1, 0.15) is 5.69 Å². The summed E-state index contributed by atoms with van der Waals surface area (Å²) in [5.74, 6) is -0.0461. The molecule has 8 heteroatoms. The number of para-hydroxylation sites is 1. The zero-order chi connectivity index (χ0) is 20.1. The minimum absolute atomic E-state index is 0.160. The highest BCUT2D eigenvalue weighted by Crippen LogP contribution is 2.28. The van der Waals surface area contributed by atoms with Crippen LogP contribution in [0, 0.1) is 10.1 Å².